The second-order valence-electron chi connectivity index (χ2n) is 11.2. The highest BCUT2D eigenvalue weighted by atomic mass is 35.5. The van der Waals surface area contributed by atoms with Crippen LogP contribution in [0.3, 0.4) is 0 Å². The van der Waals surface area contributed by atoms with E-state index in [0.29, 0.717) is 11.1 Å². The summed E-state index contributed by atoms with van der Waals surface area (Å²) in [5.41, 5.74) is 5.96. The number of likely N-dealkylation sites (tertiary alicyclic amines) is 1. The molecule has 0 amide bonds. The molecule has 0 bridgehead atoms. The Balaban J connectivity index is 1.08. The highest BCUT2D eigenvalue weighted by Crippen LogP contribution is 2.33. The molecule has 2 aliphatic rings. The van der Waals surface area contributed by atoms with Gasteiger partial charge in [0.05, 0.1) is 30.6 Å². The number of piperidine rings is 1. The molecular weight excluding hydrogens is 550 g/mol. The number of nitrogens with zero attached hydrogens (tertiary/aromatic N) is 5. The summed E-state index contributed by atoms with van der Waals surface area (Å²) in [7, 11) is 3.46. The maximum Gasteiger partial charge on any atom is 0.159 e. The molecule has 10 heteroatoms. The van der Waals surface area contributed by atoms with Gasteiger partial charge in [-0.05, 0) is 54.8 Å². The van der Waals surface area contributed by atoms with Crippen molar-refractivity contribution in [1.82, 2.24) is 24.8 Å². The number of methoxy groups -OCH3 is 2. The van der Waals surface area contributed by atoms with Crippen LogP contribution in [-0.2, 0) is 11.3 Å². The second-order valence-corrected chi connectivity index (χ2v) is 11.6. The number of piperazine rings is 1. The van der Waals surface area contributed by atoms with Gasteiger partial charge in [0.15, 0.2) is 5.65 Å². The number of H-pyrrole nitrogens is 1. The summed E-state index contributed by atoms with van der Waals surface area (Å²) in [6, 6.07) is 17.3. The van der Waals surface area contributed by atoms with E-state index in [1.807, 2.05) is 12.1 Å². The molecule has 2 aromatic heterocycles. The Bertz CT molecular complexity index is 1440. The molecule has 0 unspecified atom stereocenters. The van der Waals surface area contributed by atoms with Gasteiger partial charge in [0, 0.05) is 76.8 Å². The van der Waals surface area contributed by atoms with Crippen molar-refractivity contribution in [2.45, 2.75) is 25.4 Å². The van der Waals surface area contributed by atoms with E-state index in [9.17, 15) is 0 Å². The van der Waals surface area contributed by atoms with Crippen LogP contribution >= 0.6 is 11.6 Å². The first-order chi connectivity index (χ1) is 20.6. The molecule has 9 nitrogen and oxygen atoms in total. The van der Waals surface area contributed by atoms with Crippen molar-refractivity contribution in [1.29, 1.82) is 0 Å². The molecule has 2 N–H and O–H groups in total. The van der Waals surface area contributed by atoms with Crippen LogP contribution in [-0.4, -0.2) is 97.4 Å². The number of ether oxygens (including phenoxy) is 2. The van der Waals surface area contributed by atoms with E-state index in [-0.39, 0.29) is 0 Å². The minimum Gasteiger partial charge on any atom is -0.497 e. The molecule has 0 spiro atoms. The lowest BCUT2D eigenvalue weighted by atomic mass is 10.0. The molecule has 0 radical (unpaired) electrons. The van der Waals surface area contributed by atoms with Gasteiger partial charge in [-0.1, -0.05) is 23.7 Å². The summed E-state index contributed by atoms with van der Waals surface area (Å²) in [5, 5.41) is 4.31. The number of halogens is 1. The number of hydrogen-bond acceptors (Lipinski definition) is 8. The SMILES string of the molecule is COCCN1CCN(c2ccc(-c3nc4c(NC5CCN(Cc6ccc(OC)cc6)CC5)c(Cl)cnc4[nH]3)cc2)CC1. The monoisotopic (exact) mass is 589 g/mol. The standard InChI is InChI=1S/C32H40ClN7O2/c1-41-20-19-38-15-17-40(18-16-38)26-7-5-24(6-8-26)31-36-30-29(28(33)21-34-32(30)37-31)35-25-11-13-39(14-12-25)22-23-3-9-27(42-2)10-4-23/h3-10,21,25H,11-20,22H2,1-2H3,(H2,34,35,36,37). The molecule has 222 valence electrons. The molecule has 42 heavy (non-hydrogen) atoms. The van der Waals surface area contributed by atoms with Crippen LogP contribution in [0.4, 0.5) is 11.4 Å². The van der Waals surface area contributed by atoms with Crippen LogP contribution in [0.1, 0.15) is 18.4 Å². The fourth-order valence-corrected chi connectivity index (χ4v) is 6.11. The van der Waals surface area contributed by atoms with Gasteiger partial charge in [-0.2, -0.15) is 0 Å². The molecule has 0 aliphatic carbocycles. The van der Waals surface area contributed by atoms with Gasteiger partial charge in [0.25, 0.3) is 0 Å². The molecule has 6 rings (SSSR count). The molecule has 2 aliphatic heterocycles. The van der Waals surface area contributed by atoms with Gasteiger partial charge >= 0.3 is 0 Å². The summed E-state index contributed by atoms with van der Waals surface area (Å²) >= 11 is 6.67. The molecular formula is C32H40ClN7O2. The Kier molecular flexibility index (Phi) is 9.09. The summed E-state index contributed by atoms with van der Waals surface area (Å²) in [4.78, 5) is 20.3. The Morgan fingerprint density at radius 1 is 0.929 bits per heavy atom. The first kappa shape index (κ1) is 28.7. The van der Waals surface area contributed by atoms with Gasteiger partial charge in [0.2, 0.25) is 0 Å². The van der Waals surface area contributed by atoms with E-state index < -0.39 is 0 Å². The lowest BCUT2D eigenvalue weighted by molar-refractivity contribution is 0.144. The summed E-state index contributed by atoms with van der Waals surface area (Å²) in [6.45, 7) is 8.92. The van der Waals surface area contributed by atoms with Crippen molar-refractivity contribution in [3.63, 3.8) is 0 Å². The fraction of sp³-hybridized carbons (Fsp3) is 0.438. The minimum absolute atomic E-state index is 0.328. The first-order valence-electron chi connectivity index (χ1n) is 14.8. The number of fused-ring (bicyclic) bond motifs is 1. The zero-order valence-electron chi connectivity index (χ0n) is 24.5. The van der Waals surface area contributed by atoms with Gasteiger partial charge in [-0.25, -0.2) is 9.97 Å². The number of anilines is 2. The van der Waals surface area contributed by atoms with Crippen LogP contribution in [0.15, 0.2) is 54.7 Å². The number of imidazole rings is 1. The molecule has 0 saturated carbocycles. The van der Waals surface area contributed by atoms with Crippen molar-refractivity contribution >= 4 is 34.1 Å². The largest absolute Gasteiger partial charge is 0.497 e. The van der Waals surface area contributed by atoms with Crippen molar-refractivity contribution in [2.75, 3.05) is 76.9 Å². The highest BCUT2D eigenvalue weighted by Gasteiger charge is 2.23. The van der Waals surface area contributed by atoms with Crippen LogP contribution < -0.4 is 15.0 Å². The maximum atomic E-state index is 6.67. The Hall–Kier alpha value is -3.37. The molecule has 2 aromatic carbocycles. The fourth-order valence-electron chi connectivity index (χ4n) is 5.91. The third-order valence-corrected chi connectivity index (χ3v) is 8.75. The van der Waals surface area contributed by atoms with E-state index in [1.54, 1.807) is 20.4 Å². The van der Waals surface area contributed by atoms with Crippen LogP contribution in [0.2, 0.25) is 5.02 Å². The van der Waals surface area contributed by atoms with Gasteiger partial charge in [-0.3, -0.25) is 9.80 Å². The Labute approximate surface area is 252 Å². The predicted molar refractivity (Wildman–Crippen MR) is 170 cm³/mol. The van der Waals surface area contributed by atoms with E-state index in [0.717, 1.165) is 106 Å². The maximum absolute atomic E-state index is 6.67. The third-order valence-electron chi connectivity index (χ3n) is 8.46. The Morgan fingerprint density at radius 3 is 2.36 bits per heavy atom. The van der Waals surface area contributed by atoms with Crippen LogP contribution in [0.25, 0.3) is 22.6 Å². The molecule has 4 aromatic rings. The molecule has 2 fully saturated rings. The molecule has 0 atom stereocenters. The predicted octanol–water partition coefficient (Wildman–Crippen LogP) is 5.13. The van der Waals surface area contributed by atoms with Crippen LogP contribution in [0, 0.1) is 0 Å². The number of benzene rings is 2. The van der Waals surface area contributed by atoms with Crippen LogP contribution in [0.5, 0.6) is 5.75 Å². The second kappa shape index (κ2) is 13.3. The van der Waals surface area contributed by atoms with Gasteiger partial charge in [0.1, 0.15) is 17.1 Å². The lowest BCUT2D eigenvalue weighted by Crippen LogP contribution is -2.47. The topological polar surface area (TPSA) is 81.8 Å². The number of pyridine rings is 1. The summed E-state index contributed by atoms with van der Waals surface area (Å²) < 4.78 is 10.5. The van der Waals surface area contributed by atoms with Crippen molar-refractivity contribution < 1.29 is 9.47 Å². The zero-order valence-corrected chi connectivity index (χ0v) is 25.2. The van der Waals surface area contributed by atoms with Crippen molar-refractivity contribution in [3.8, 4) is 17.1 Å². The van der Waals surface area contributed by atoms with Gasteiger partial charge in [-0.15, -0.1) is 0 Å². The average Bonchev–Trinajstić information content (AvgIpc) is 3.48. The number of hydrogen-bond donors (Lipinski definition) is 2. The smallest absolute Gasteiger partial charge is 0.159 e. The lowest BCUT2D eigenvalue weighted by Gasteiger charge is -2.36. The third kappa shape index (κ3) is 6.65. The summed E-state index contributed by atoms with van der Waals surface area (Å²) in [5.74, 6) is 1.69. The number of rotatable bonds is 10. The average molecular weight is 590 g/mol. The van der Waals surface area contributed by atoms with E-state index in [4.69, 9.17) is 26.1 Å². The Morgan fingerprint density at radius 2 is 1.67 bits per heavy atom. The quantitative estimate of drug-likeness (QED) is 0.263. The van der Waals surface area contributed by atoms with Gasteiger partial charge < -0.3 is 24.7 Å². The summed E-state index contributed by atoms with van der Waals surface area (Å²) in [6.07, 6.45) is 3.79. The normalized spacial score (nSPS) is 17.2. The highest BCUT2D eigenvalue weighted by molar-refractivity contribution is 6.34. The van der Waals surface area contributed by atoms with E-state index >= 15 is 0 Å². The van der Waals surface area contributed by atoms with Crippen molar-refractivity contribution in [2.24, 2.45) is 0 Å². The molecule has 2 saturated heterocycles. The molecule has 4 heterocycles. The number of aromatic nitrogens is 3. The van der Waals surface area contributed by atoms with Crippen molar-refractivity contribution in [3.05, 3.63) is 65.3 Å². The van der Waals surface area contributed by atoms with E-state index in [2.05, 4.69) is 66.4 Å². The minimum atomic E-state index is 0.328. The first-order valence-corrected chi connectivity index (χ1v) is 15.2. The number of nitrogens with one attached hydrogen (secondary N) is 2. The number of aromatic amines is 1. The zero-order chi connectivity index (χ0) is 28.9. The van der Waals surface area contributed by atoms with E-state index in [1.165, 1.54) is 11.3 Å².